The van der Waals surface area contributed by atoms with Gasteiger partial charge in [0.05, 0.1) is 0 Å². The molecule has 0 radical (unpaired) electrons. The molecule has 0 amide bonds. The Balaban J connectivity index is 2.74. The number of nitrogens with zero attached hydrogens (tertiary/aromatic N) is 2. The van der Waals surface area contributed by atoms with Crippen LogP contribution >= 0.6 is 0 Å². The zero-order chi connectivity index (χ0) is 14.5. The van der Waals surface area contributed by atoms with E-state index in [1.165, 1.54) is 5.56 Å². The maximum atomic E-state index is 5.06. The minimum Gasteiger partial charge on any atom is -0.385 e. The molecule has 0 unspecified atom stereocenters. The van der Waals surface area contributed by atoms with Crippen LogP contribution in [-0.2, 0) is 17.7 Å². The van der Waals surface area contributed by atoms with Crippen LogP contribution in [0.4, 0.5) is 0 Å². The minimum atomic E-state index is 0.107. The molecular formula is C15H27N3O. The third-order valence-electron chi connectivity index (χ3n) is 3.01. The van der Waals surface area contributed by atoms with Crippen molar-refractivity contribution in [2.75, 3.05) is 13.7 Å². The molecule has 0 saturated carbocycles. The van der Waals surface area contributed by atoms with Crippen LogP contribution in [0.3, 0.4) is 0 Å². The van der Waals surface area contributed by atoms with Crippen LogP contribution in [0, 0.1) is 13.8 Å². The summed E-state index contributed by atoms with van der Waals surface area (Å²) < 4.78 is 5.06. The molecule has 0 aliphatic heterocycles. The summed E-state index contributed by atoms with van der Waals surface area (Å²) in [5, 5.41) is 3.49. The summed E-state index contributed by atoms with van der Waals surface area (Å²) in [4.78, 5) is 9.20. The number of hydrogen-bond donors (Lipinski definition) is 1. The van der Waals surface area contributed by atoms with Gasteiger partial charge in [0.25, 0.3) is 0 Å². The number of aromatic nitrogens is 2. The molecule has 0 atom stereocenters. The molecule has 1 N–H and O–H groups in total. The molecule has 4 nitrogen and oxygen atoms in total. The summed E-state index contributed by atoms with van der Waals surface area (Å²) in [6.45, 7) is 12.2. The highest BCUT2D eigenvalue weighted by molar-refractivity contribution is 5.24. The molecule has 19 heavy (non-hydrogen) atoms. The highest BCUT2D eigenvalue weighted by atomic mass is 16.5. The van der Waals surface area contributed by atoms with Gasteiger partial charge in [-0.05, 0) is 41.0 Å². The molecule has 0 aliphatic rings. The average Bonchev–Trinajstić information content (AvgIpc) is 2.26. The minimum absolute atomic E-state index is 0.107. The van der Waals surface area contributed by atoms with Gasteiger partial charge >= 0.3 is 0 Å². The van der Waals surface area contributed by atoms with Crippen LogP contribution in [0.15, 0.2) is 0 Å². The molecular weight excluding hydrogens is 238 g/mol. The first-order chi connectivity index (χ1) is 8.83. The van der Waals surface area contributed by atoms with E-state index in [1.807, 2.05) is 0 Å². The van der Waals surface area contributed by atoms with Gasteiger partial charge in [-0.2, -0.15) is 0 Å². The normalized spacial score (nSPS) is 11.9. The molecule has 0 saturated heterocycles. The lowest BCUT2D eigenvalue weighted by atomic mass is 10.1. The van der Waals surface area contributed by atoms with E-state index in [0.29, 0.717) is 0 Å². The van der Waals surface area contributed by atoms with Gasteiger partial charge in [-0.1, -0.05) is 0 Å². The van der Waals surface area contributed by atoms with Crippen molar-refractivity contribution in [3.05, 3.63) is 22.8 Å². The van der Waals surface area contributed by atoms with Gasteiger partial charge in [0.15, 0.2) is 0 Å². The topological polar surface area (TPSA) is 47.0 Å². The second-order valence-electron chi connectivity index (χ2n) is 5.99. The van der Waals surface area contributed by atoms with E-state index >= 15 is 0 Å². The van der Waals surface area contributed by atoms with E-state index in [2.05, 4.69) is 49.9 Å². The highest BCUT2D eigenvalue weighted by Crippen LogP contribution is 2.12. The van der Waals surface area contributed by atoms with Crippen molar-refractivity contribution in [1.82, 2.24) is 15.3 Å². The third-order valence-corrected chi connectivity index (χ3v) is 3.01. The fourth-order valence-corrected chi connectivity index (χ4v) is 1.90. The quantitative estimate of drug-likeness (QED) is 0.803. The molecule has 0 bridgehead atoms. The van der Waals surface area contributed by atoms with Gasteiger partial charge in [0.2, 0.25) is 0 Å². The van der Waals surface area contributed by atoms with Crippen LogP contribution in [-0.4, -0.2) is 29.2 Å². The molecule has 1 aromatic heterocycles. The molecule has 108 valence electrons. The lowest BCUT2D eigenvalue weighted by Gasteiger charge is -2.22. The number of nitrogens with one attached hydrogen (secondary N) is 1. The second kappa shape index (κ2) is 6.96. The number of ether oxygens (including phenoxy) is 1. The summed E-state index contributed by atoms with van der Waals surface area (Å²) in [7, 11) is 1.72. The fraction of sp³-hybridized carbons (Fsp3) is 0.733. The predicted octanol–water partition coefficient (Wildman–Crippen LogP) is 2.56. The molecule has 0 fully saturated rings. The predicted molar refractivity (Wildman–Crippen MR) is 78.3 cm³/mol. The van der Waals surface area contributed by atoms with Gasteiger partial charge in [0, 0.05) is 49.2 Å². The van der Waals surface area contributed by atoms with E-state index < -0.39 is 0 Å². The number of methoxy groups -OCH3 is 1. The number of aryl methyl sites for hydroxylation is 3. The van der Waals surface area contributed by atoms with Crippen molar-refractivity contribution in [2.24, 2.45) is 0 Å². The van der Waals surface area contributed by atoms with Crippen molar-refractivity contribution in [3.8, 4) is 0 Å². The Morgan fingerprint density at radius 3 is 2.16 bits per heavy atom. The van der Waals surface area contributed by atoms with E-state index in [9.17, 15) is 0 Å². The van der Waals surface area contributed by atoms with Gasteiger partial charge in [-0.15, -0.1) is 0 Å². The molecule has 0 spiro atoms. The van der Waals surface area contributed by atoms with Crippen LogP contribution in [0.2, 0.25) is 0 Å². The van der Waals surface area contributed by atoms with Crippen LogP contribution < -0.4 is 5.32 Å². The Labute approximate surface area is 117 Å². The van der Waals surface area contributed by atoms with Crippen LogP contribution in [0.25, 0.3) is 0 Å². The van der Waals surface area contributed by atoms with Crippen molar-refractivity contribution >= 4 is 0 Å². The Bertz CT molecular complexity index is 387. The number of hydrogen-bond acceptors (Lipinski definition) is 4. The van der Waals surface area contributed by atoms with Gasteiger partial charge in [-0.3, -0.25) is 0 Å². The summed E-state index contributed by atoms with van der Waals surface area (Å²) in [5.74, 6) is 0.923. The van der Waals surface area contributed by atoms with Crippen LogP contribution in [0.5, 0.6) is 0 Å². The molecule has 4 heteroatoms. The van der Waals surface area contributed by atoms with Crippen LogP contribution in [0.1, 0.15) is 50.0 Å². The highest BCUT2D eigenvalue weighted by Gasteiger charge is 2.13. The van der Waals surface area contributed by atoms with Gasteiger partial charge in [0.1, 0.15) is 5.82 Å². The first kappa shape index (κ1) is 16.1. The lowest BCUT2D eigenvalue weighted by molar-refractivity contribution is 0.194. The molecule has 1 aromatic rings. The zero-order valence-electron chi connectivity index (χ0n) is 13.1. The molecule has 1 rings (SSSR count). The smallest absolute Gasteiger partial charge is 0.128 e. The first-order valence-corrected chi connectivity index (χ1v) is 6.90. The number of rotatable bonds is 6. The van der Waals surface area contributed by atoms with Crippen molar-refractivity contribution in [3.63, 3.8) is 0 Å². The largest absolute Gasteiger partial charge is 0.385 e. The monoisotopic (exact) mass is 265 g/mol. The van der Waals surface area contributed by atoms with Crippen molar-refractivity contribution in [2.45, 2.75) is 59.5 Å². The lowest BCUT2D eigenvalue weighted by Crippen LogP contribution is -2.35. The van der Waals surface area contributed by atoms with Crippen molar-refractivity contribution in [1.29, 1.82) is 0 Å². The molecule has 0 aromatic carbocycles. The third kappa shape index (κ3) is 5.66. The summed E-state index contributed by atoms with van der Waals surface area (Å²) in [6, 6.07) is 0. The SMILES string of the molecule is COCCCc1nc(C)c(CNC(C)(C)C)c(C)n1. The van der Waals surface area contributed by atoms with Gasteiger partial charge < -0.3 is 10.1 Å². The summed E-state index contributed by atoms with van der Waals surface area (Å²) in [5.41, 5.74) is 3.48. The molecule has 0 aliphatic carbocycles. The average molecular weight is 265 g/mol. The zero-order valence-corrected chi connectivity index (χ0v) is 13.1. The Morgan fingerprint density at radius 2 is 1.68 bits per heavy atom. The molecule has 1 heterocycles. The van der Waals surface area contributed by atoms with Gasteiger partial charge in [-0.25, -0.2) is 9.97 Å². The maximum Gasteiger partial charge on any atom is 0.128 e. The summed E-state index contributed by atoms with van der Waals surface area (Å²) >= 11 is 0. The van der Waals surface area contributed by atoms with E-state index in [1.54, 1.807) is 7.11 Å². The Morgan fingerprint density at radius 1 is 1.11 bits per heavy atom. The van der Waals surface area contributed by atoms with E-state index in [0.717, 1.165) is 43.2 Å². The second-order valence-corrected chi connectivity index (χ2v) is 5.99. The maximum absolute atomic E-state index is 5.06. The Kier molecular flexibility index (Phi) is 5.88. The van der Waals surface area contributed by atoms with Crippen molar-refractivity contribution < 1.29 is 4.74 Å². The van der Waals surface area contributed by atoms with E-state index in [-0.39, 0.29) is 5.54 Å². The summed E-state index contributed by atoms with van der Waals surface area (Å²) in [6.07, 6.45) is 1.84. The first-order valence-electron chi connectivity index (χ1n) is 6.90. The van der Waals surface area contributed by atoms with E-state index in [4.69, 9.17) is 4.74 Å². The Hall–Kier alpha value is -1.00. The standard InChI is InChI=1S/C15H27N3O/c1-11-13(10-16-15(3,4)5)12(2)18-14(17-11)8-7-9-19-6/h16H,7-10H2,1-6H3. The fourth-order valence-electron chi connectivity index (χ4n) is 1.90.